The minimum atomic E-state index is -1.14. The number of halogens is 2. The number of carbonyl (C=O) groups excluding carboxylic acids is 2. The number of rotatable bonds is 3. The van der Waals surface area contributed by atoms with Crippen LogP contribution >= 0.6 is 0 Å². The summed E-state index contributed by atoms with van der Waals surface area (Å²) < 4.78 is 27.3. The van der Waals surface area contributed by atoms with Crippen molar-refractivity contribution in [3.05, 3.63) is 64.2 Å². The molecule has 1 aliphatic rings. The molecule has 0 saturated carbocycles. The first kappa shape index (κ1) is 19.0. The Labute approximate surface area is 157 Å². The minimum Gasteiger partial charge on any atom is -0.344 e. The zero-order chi connectivity index (χ0) is 19.9. The van der Waals surface area contributed by atoms with Crippen LogP contribution in [0.3, 0.4) is 0 Å². The van der Waals surface area contributed by atoms with Gasteiger partial charge in [0.05, 0.1) is 5.69 Å². The van der Waals surface area contributed by atoms with Crippen LogP contribution in [0.25, 0.3) is 0 Å². The van der Waals surface area contributed by atoms with Gasteiger partial charge in [0.1, 0.15) is 5.92 Å². The molecule has 1 saturated heterocycles. The van der Waals surface area contributed by atoms with Crippen molar-refractivity contribution in [2.45, 2.75) is 26.7 Å². The number of hydrogen-bond donors (Lipinski definition) is 1. The lowest BCUT2D eigenvalue weighted by Gasteiger charge is -2.19. The number of anilines is 1. The summed E-state index contributed by atoms with van der Waals surface area (Å²) in [5.74, 6) is -4.48. The molecular formula is C21H22F2N2O2. The maximum absolute atomic E-state index is 13.9. The number of nitrogens with one attached hydrogen (secondary N) is 1. The van der Waals surface area contributed by atoms with Gasteiger partial charge in [-0.15, -0.1) is 0 Å². The second-order valence-corrected chi connectivity index (χ2v) is 7.17. The van der Waals surface area contributed by atoms with Crippen LogP contribution < -0.4 is 5.32 Å². The van der Waals surface area contributed by atoms with Gasteiger partial charge in [-0.1, -0.05) is 18.2 Å². The SMILES string of the molecule is Cc1cc([C@H]2CN(C)C(=O)[C@@H]2C(=O)Nc2cccc(F)c2F)cc(C)c1C. The van der Waals surface area contributed by atoms with Gasteiger partial charge < -0.3 is 10.2 Å². The summed E-state index contributed by atoms with van der Waals surface area (Å²) in [7, 11) is 1.64. The van der Waals surface area contributed by atoms with Crippen molar-refractivity contribution in [1.29, 1.82) is 0 Å². The van der Waals surface area contributed by atoms with Crippen LogP contribution in [-0.4, -0.2) is 30.3 Å². The van der Waals surface area contributed by atoms with E-state index in [0.29, 0.717) is 6.54 Å². The number of likely N-dealkylation sites (tertiary alicyclic amines) is 1. The predicted octanol–water partition coefficient (Wildman–Crippen LogP) is 3.70. The predicted molar refractivity (Wildman–Crippen MR) is 99.5 cm³/mol. The zero-order valence-corrected chi connectivity index (χ0v) is 15.8. The first-order valence-electron chi connectivity index (χ1n) is 8.78. The second kappa shape index (κ2) is 7.10. The lowest BCUT2D eigenvalue weighted by atomic mass is 9.85. The van der Waals surface area contributed by atoms with Crippen LogP contribution in [0.1, 0.15) is 28.2 Å². The topological polar surface area (TPSA) is 49.4 Å². The molecule has 2 amide bonds. The van der Waals surface area contributed by atoms with Gasteiger partial charge in [0.25, 0.3) is 0 Å². The molecule has 2 atom stereocenters. The standard InChI is InChI=1S/C21H22F2N2O2/c1-11-8-14(9-12(2)13(11)3)15-10-25(4)21(27)18(15)20(26)24-17-7-5-6-16(22)19(17)23/h5-9,15,18H,10H2,1-4H3,(H,24,26)/t15-,18+/m1/s1. The fraction of sp³-hybridized carbons (Fsp3) is 0.333. The monoisotopic (exact) mass is 372 g/mol. The van der Waals surface area contributed by atoms with E-state index in [9.17, 15) is 18.4 Å². The summed E-state index contributed by atoms with van der Waals surface area (Å²) >= 11 is 0. The Morgan fingerprint density at radius 2 is 1.78 bits per heavy atom. The summed E-state index contributed by atoms with van der Waals surface area (Å²) in [6.45, 7) is 6.40. The van der Waals surface area contributed by atoms with Crippen molar-refractivity contribution >= 4 is 17.5 Å². The fourth-order valence-electron chi connectivity index (χ4n) is 3.59. The molecular weight excluding hydrogens is 350 g/mol. The molecule has 0 spiro atoms. The molecule has 0 bridgehead atoms. The van der Waals surface area contributed by atoms with E-state index in [1.54, 1.807) is 7.05 Å². The number of nitrogens with zero attached hydrogens (tertiary/aromatic N) is 1. The van der Waals surface area contributed by atoms with Crippen molar-refractivity contribution < 1.29 is 18.4 Å². The Morgan fingerprint density at radius 3 is 2.41 bits per heavy atom. The summed E-state index contributed by atoms with van der Waals surface area (Å²) in [6.07, 6.45) is 0. The van der Waals surface area contributed by atoms with Crippen LogP contribution in [-0.2, 0) is 9.59 Å². The van der Waals surface area contributed by atoms with Crippen molar-refractivity contribution in [2.24, 2.45) is 5.92 Å². The number of likely N-dealkylation sites (N-methyl/N-ethyl adjacent to an activating group) is 1. The highest BCUT2D eigenvalue weighted by Gasteiger charge is 2.44. The third-order valence-electron chi connectivity index (χ3n) is 5.38. The lowest BCUT2D eigenvalue weighted by molar-refractivity contribution is -0.135. The van der Waals surface area contributed by atoms with Gasteiger partial charge in [0, 0.05) is 19.5 Å². The molecule has 0 aromatic heterocycles. The van der Waals surface area contributed by atoms with E-state index in [4.69, 9.17) is 0 Å². The fourth-order valence-corrected chi connectivity index (χ4v) is 3.59. The maximum atomic E-state index is 13.9. The highest BCUT2D eigenvalue weighted by molar-refractivity contribution is 6.08. The summed E-state index contributed by atoms with van der Waals surface area (Å²) in [5.41, 5.74) is 3.97. The van der Waals surface area contributed by atoms with Gasteiger partial charge in [-0.2, -0.15) is 0 Å². The van der Waals surface area contributed by atoms with E-state index in [0.717, 1.165) is 22.8 Å². The lowest BCUT2D eigenvalue weighted by Crippen LogP contribution is -2.33. The molecule has 27 heavy (non-hydrogen) atoms. The largest absolute Gasteiger partial charge is 0.344 e. The Morgan fingerprint density at radius 1 is 1.15 bits per heavy atom. The van der Waals surface area contributed by atoms with E-state index in [1.165, 1.54) is 22.6 Å². The number of hydrogen-bond acceptors (Lipinski definition) is 2. The van der Waals surface area contributed by atoms with E-state index < -0.39 is 23.5 Å². The van der Waals surface area contributed by atoms with Gasteiger partial charge in [-0.3, -0.25) is 9.59 Å². The Hall–Kier alpha value is -2.76. The van der Waals surface area contributed by atoms with Gasteiger partial charge in [0.15, 0.2) is 11.6 Å². The van der Waals surface area contributed by atoms with E-state index in [1.807, 2.05) is 32.9 Å². The van der Waals surface area contributed by atoms with Crippen LogP contribution in [0.5, 0.6) is 0 Å². The molecule has 4 nitrogen and oxygen atoms in total. The molecule has 0 unspecified atom stereocenters. The third kappa shape index (κ3) is 3.44. The van der Waals surface area contributed by atoms with Gasteiger partial charge in [-0.25, -0.2) is 8.78 Å². The highest BCUT2D eigenvalue weighted by Crippen LogP contribution is 2.35. The molecule has 142 valence electrons. The van der Waals surface area contributed by atoms with Crippen molar-refractivity contribution in [2.75, 3.05) is 18.9 Å². The van der Waals surface area contributed by atoms with Crippen LogP contribution in [0.2, 0.25) is 0 Å². The Bertz CT molecular complexity index is 903. The molecule has 1 aliphatic heterocycles. The summed E-state index contributed by atoms with van der Waals surface area (Å²) in [4.78, 5) is 26.9. The molecule has 0 aliphatic carbocycles. The third-order valence-corrected chi connectivity index (χ3v) is 5.38. The molecule has 2 aromatic carbocycles. The van der Waals surface area contributed by atoms with Crippen LogP contribution in [0, 0.1) is 38.3 Å². The Balaban J connectivity index is 1.95. The number of benzene rings is 2. The molecule has 0 radical (unpaired) electrons. The average molecular weight is 372 g/mol. The normalized spacial score (nSPS) is 19.5. The van der Waals surface area contributed by atoms with Gasteiger partial charge in [-0.05, 0) is 55.2 Å². The van der Waals surface area contributed by atoms with Crippen molar-refractivity contribution in [1.82, 2.24) is 4.90 Å². The Kier molecular flexibility index (Phi) is 5.00. The quantitative estimate of drug-likeness (QED) is 0.836. The maximum Gasteiger partial charge on any atom is 0.237 e. The number of amides is 2. The summed E-state index contributed by atoms with van der Waals surface area (Å²) in [6, 6.07) is 7.53. The van der Waals surface area contributed by atoms with Crippen molar-refractivity contribution in [3.63, 3.8) is 0 Å². The molecule has 1 heterocycles. The highest BCUT2D eigenvalue weighted by atomic mass is 19.2. The van der Waals surface area contributed by atoms with Gasteiger partial charge >= 0.3 is 0 Å². The first-order chi connectivity index (χ1) is 12.7. The van der Waals surface area contributed by atoms with E-state index >= 15 is 0 Å². The first-order valence-corrected chi connectivity index (χ1v) is 8.78. The average Bonchev–Trinajstić information content (AvgIpc) is 2.91. The number of carbonyl (C=O) groups is 2. The summed E-state index contributed by atoms with van der Waals surface area (Å²) in [5, 5.41) is 2.38. The zero-order valence-electron chi connectivity index (χ0n) is 15.8. The van der Waals surface area contributed by atoms with Crippen molar-refractivity contribution in [3.8, 4) is 0 Å². The molecule has 6 heteroatoms. The smallest absolute Gasteiger partial charge is 0.237 e. The molecule has 2 aromatic rings. The van der Waals surface area contributed by atoms with Crippen LogP contribution in [0.15, 0.2) is 30.3 Å². The molecule has 1 N–H and O–H groups in total. The van der Waals surface area contributed by atoms with Gasteiger partial charge in [0.2, 0.25) is 11.8 Å². The van der Waals surface area contributed by atoms with E-state index in [2.05, 4.69) is 5.32 Å². The number of aryl methyl sites for hydroxylation is 2. The molecule has 3 rings (SSSR count). The van der Waals surface area contributed by atoms with E-state index in [-0.39, 0.29) is 17.5 Å². The molecule has 1 fully saturated rings. The second-order valence-electron chi connectivity index (χ2n) is 7.17. The van der Waals surface area contributed by atoms with Crippen LogP contribution in [0.4, 0.5) is 14.5 Å². The minimum absolute atomic E-state index is 0.266.